The number of amides is 1. The monoisotopic (exact) mass is 482 g/mol. The van der Waals surface area contributed by atoms with E-state index in [-0.39, 0.29) is 28.9 Å². The van der Waals surface area contributed by atoms with Crippen LogP contribution in [-0.4, -0.2) is 39.3 Å². The molecule has 1 unspecified atom stereocenters. The van der Waals surface area contributed by atoms with Gasteiger partial charge in [0.15, 0.2) is 9.84 Å². The van der Waals surface area contributed by atoms with Gasteiger partial charge in [-0.3, -0.25) is 9.78 Å². The van der Waals surface area contributed by atoms with Crippen LogP contribution in [0, 0.1) is 6.92 Å². The number of nitrogens with one attached hydrogen (secondary N) is 1. The third-order valence-electron chi connectivity index (χ3n) is 5.71. The van der Waals surface area contributed by atoms with E-state index >= 15 is 0 Å². The van der Waals surface area contributed by atoms with Gasteiger partial charge < -0.3 is 14.8 Å². The lowest BCUT2D eigenvalue weighted by Crippen LogP contribution is -2.16. The molecule has 3 rings (SSSR count). The highest BCUT2D eigenvalue weighted by atomic mass is 32.2. The quantitative estimate of drug-likeness (QED) is 0.423. The fourth-order valence-electron chi connectivity index (χ4n) is 3.79. The van der Waals surface area contributed by atoms with Crippen LogP contribution in [0.15, 0.2) is 71.8 Å². The number of aryl methyl sites for hydroxylation is 1. The first-order valence-corrected chi connectivity index (χ1v) is 12.7. The number of anilines is 1. The van der Waals surface area contributed by atoms with Crippen LogP contribution in [-0.2, 0) is 14.6 Å². The average Bonchev–Trinajstić information content (AvgIpc) is 2.85. The van der Waals surface area contributed by atoms with E-state index in [0.29, 0.717) is 30.0 Å². The minimum Gasteiger partial charge on any atom is -0.497 e. The Morgan fingerprint density at radius 3 is 2.44 bits per heavy atom. The number of carbonyl (C=O) groups excluding carboxylic acids is 1. The van der Waals surface area contributed by atoms with Gasteiger partial charge in [-0.05, 0) is 68.1 Å². The lowest BCUT2D eigenvalue weighted by Gasteiger charge is -2.21. The molecule has 0 aliphatic carbocycles. The van der Waals surface area contributed by atoms with Crippen molar-refractivity contribution in [2.75, 3.05) is 25.3 Å². The first-order chi connectivity index (χ1) is 16.3. The van der Waals surface area contributed by atoms with Gasteiger partial charge in [-0.15, -0.1) is 0 Å². The molecule has 1 aromatic heterocycles. The summed E-state index contributed by atoms with van der Waals surface area (Å²) in [6, 6.07) is 17.4. The van der Waals surface area contributed by atoms with Crippen molar-refractivity contribution in [1.29, 1.82) is 0 Å². The molecule has 0 spiro atoms. The van der Waals surface area contributed by atoms with E-state index in [1.54, 1.807) is 75.0 Å². The van der Waals surface area contributed by atoms with Crippen LogP contribution in [0.2, 0.25) is 0 Å². The number of benzene rings is 2. The maximum atomic E-state index is 12.9. The number of carbonyl (C=O) groups is 1. The normalized spacial score (nSPS) is 12.1. The smallest absolute Gasteiger partial charge is 0.224 e. The molecule has 34 heavy (non-hydrogen) atoms. The predicted molar refractivity (Wildman–Crippen MR) is 132 cm³/mol. The summed E-state index contributed by atoms with van der Waals surface area (Å²) in [7, 11) is -0.328. The van der Waals surface area contributed by atoms with E-state index in [9.17, 15) is 13.2 Å². The summed E-state index contributed by atoms with van der Waals surface area (Å²) in [5.74, 6) is 0.831. The van der Waals surface area contributed by atoms with Crippen LogP contribution in [0.5, 0.6) is 11.5 Å². The molecule has 1 atom stereocenters. The van der Waals surface area contributed by atoms with Crippen molar-refractivity contribution in [2.24, 2.45) is 0 Å². The van der Waals surface area contributed by atoms with Crippen molar-refractivity contribution < 1.29 is 22.7 Å². The fourth-order valence-corrected chi connectivity index (χ4v) is 5.19. The van der Waals surface area contributed by atoms with E-state index in [4.69, 9.17) is 9.47 Å². The minimum atomic E-state index is -3.47. The van der Waals surface area contributed by atoms with Gasteiger partial charge in [-0.2, -0.15) is 0 Å². The summed E-state index contributed by atoms with van der Waals surface area (Å²) < 4.78 is 36.8. The number of rotatable bonds is 11. The first kappa shape index (κ1) is 25.2. The van der Waals surface area contributed by atoms with Gasteiger partial charge in [-0.1, -0.05) is 18.2 Å². The van der Waals surface area contributed by atoms with Crippen molar-refractivity contribution in [1.82, 2.24) is 4.98 Å². The van der Waals surface area contributed by atoms with E-state index in [1.165, 1.54) is 0 Å². The molecular weight excluding hydrogens is 452 g/mol. The fraction of sp³-hybridized carbons (Fsp3) is 0.308. The van der Waals surface area contributed by atoms with E-state index in [0.717, 1.165) is 11.3 Å². The van der Waals surface area contributed by atoms with Gasteiger partial charge in [0.1, 0.15) is 11.5 Å². The van der Waals surface area contributed by atoms with E-state index < -0.39 is 9.84 Å². The van der Waals surface area contributed by atoms with Crippen molar-refractivity contribution >= 4 is 21.4 Å². The Kier molecular flexibility index (Phi) is 8.65. The SMILES string of the molecule is COc1ccc(OC)c(C(CCC(=O)Nc2cccnc2C)CCS(=O)(=O)c2ccccc2)c1. The Balaban J connectivity index is 1.80. The molecular formula is C26H30N2O5S. The van der Waals surface area contributed by atoms with Crippen LogP contribution in [0.25, 0.3) is 0 Å². The Hall–Kier alpha value is -3.39. The summed E-state index contributed by atoms with van der Waals surface area (Å²) in [4.78, 5) is 17.2. The molecule has 3 aromatic rings. The molecule has 2 aromatic carbocycles. The third-order valence-corrected chi connectivity index (χ3v) is 7.48. The minimum absolute atomic E-state index is 0.0502. The van der Waals surface area contributed by atoms with Gasteiger partial charge >= 0.3 is 0 Å². The molecule has 0 saturated carbocycles. The van der Waals surface area contributed by atoms with Gasteiger partial charge in [-0.25, -0.2) is 8.42 Å². The standard InChI is InChI=1S/C26H30N2O5S/c1-19-24(10-7-16-27-19)28-26(29)14-11-20(23-18-21(32-2)12-13-25(23)33-3)15-17-34(30,31)22-8-5-4-6-9-22/h4-10,12-13,16,18,20H,11,14-15,17H2,1-3H3,(H,28,29). The Bertz CT molecular complexity index is 1210. The molecule has 0 fully saturated rings. The van der Waals surface area contributed by atoms with Gasteiger partial charge in [0, 0.05) is 18.2 Å². The van der Waals surface area contributed by atoms with Crippen LogP contribution in [0.3, 0.4) is 0 Å². The van der Waals surface area contributed by atoms with E-state index in [2.05, 4.69) is 10.3 Å². The molecule has 0 bridgehead atoms. The second-order valence-corrected chi connectivity index (χ2v) is 10.1. The third kappa shape index (κ3) is 6.57. The summed E-state index contributed by atoms with van der Waals surface area (Å²) in [6.45, 7) is 1.83. The molecule has 0 saturated heterocycles. The Morgan fingerprint density at radius 1 is 1.00 bits per heavy atom. The number of nitrogens with zero attached hydrogens (tertiary/aromatic N) is 1. The van der Waals surface area contributed by atoms with Gasteiger partial charge in [0.2, 0.25) is 5.91 Å². The van der Waals surface area contributed by atoms with Crippen LogP contribution < -0.4 is 14.8 Å². The van der Waals surface area contributed by atoms with Crippen molar-refractivity contribution in [3.63, 3.8) is 0 Å². The lowest BCUT2D eigenvalue weighted by atomic mass is 9.90. The molecule has 0 aliphatic heterocycles. The highest BCUT2D eigenvalue weighted by molar-refractivity contribution is 7.91. The van der Waals surface area contributed by atoms with Crippen LogP contribution in [0.1, 0.15) is 36.4 Å². The molecule has 0 aliphatic rings. The number of methoxy groups -OCH3 is 2. The molecule has 7 nitrogen and oxygen atoms in total. The van der Waals surface area contributed by atoms with Crippen LogP contribution in [0.4, 0.5) is 5.69 Å². The first-order valence-electron chi connectivity index (χ1n) is 11.0. The summed E-state index contributed by atoms with van der Waals surface area (Å²) >= 11 is 0. The largest absolute Gasteiger partial charge is 0.497 e. The maximum Gasteiger partial charge on any atom is 0.224 e. The number of hydrogen-bond donors (Lipinski definition) is 1. The summed E-state index contributed by atoms with van der Waals surface area (Å²) in [6.07, 6.45) is 2.66. The zero-order valence-corrected chi connectivity index (χ0v) is 20.5. The molecule has 1 amide bonds. The van der Waals surface area contributed by atoms with Crippen molar-refractivity contribution in [2.45, 2.75) is 37.0 Å². The molecule has 8 heteroatoms. The summed E-state index contributed by atoms with van der Waals surface area (Å²) in [5.41, 5.74) is 2.21. The zero-order valence-electron chi connectivity index (χ0n) is 19.7. The van der Waals surface area contributed by atoms with Crippen molar-refractivity contribution in [3.05, 3.63) is 78.1 Å². The Morgan fingerprint density at radius 2 is 1.76 bits per heavy atom. The van der Waals surface area contributed by atoms with Gasteiger partial charge in [0.25, 0.3) is 0 Å². The molecule has 1 heterocycles. The zero-order chi connectivity index (χ0) is 24.6. The lowest BCUT2D eigenvalue weighted by molar-refractivity contribution is -0.116. The number of hydrogen-bond acceptors (Lipinski definition) is 6. The Labute approximate surface area is 201 Å². The molecule has 0 radical (unpaired) electrons. The van der Waals surface area contributed by atoms with Gasteiger partial charge in [0.05, 0.1) is 36.2 Å². The highest BCUT2D eigenvalue weighted by Crippen LogP contribution is 2.36. The number of sulfone groups is 1. The summed E-state index contributed by atoms with van der Waals surface area (Å²) in [5, 5.41) is 2.89. The maximum absolute atomic E-state index is 12.9. The highest BCUT2D eigenvalue weighted by Gasteiger charge is 2.23. The number of aromatic nitrogens is 1. The van der Waals surface area contributed by atoms with Crippen molar-refractivity contribution in [3.8, 4) is 11.5 Å². The number of pyridine rings is 1. The second-order valence-electron chi connectivity index (χ2n) is 7.95. The molecule has 1 N–H and O–H groups in total. The van der Waals surface area contributed by atoms with Crippen LogP contribution >= 0.6 is 0 Å². The average molecular weight is 483 g/mol. The number of ether oxygens (including phenoxy) is 2. The topological polar surface area (TPSA) is 94.6 Å². The van der Waals surface area contributed by atoms with E-state index in [1.807, 2.05) is 13.0 Å². The predicted octanol–water partition coefficient (Wildman–Crippen LogP) is 4.77. The second kappa shape index (κ2) is 11.7. The molecule has 180 valence electrons.